The number of hydrogen-bond acceptors (Lipinski definition) is 1. The van der Waals surface area contributed by atoms with Crippen molar-refractivity contribution in [2.24, 2.45) is 0 Å². The summed E-state index contributed by atoms with van der Waals surface area (Å²) in [6, 6.07) is 25.2. The summed E-state index contributed by atoms with van der Waals surface area (Å²) < 4.78 is 0. The van der Waals surface area contributed by atoms with Gasteiger partial charge in [-0.15, -0.1) is 0 Å². The Morgan fingerprint density at radius 3 is 2.09 bits per heavy atom. The highest BCUT2D eigenvalue weighted by Crippen LogP contribution is 2.47. The smallest absolute Gasteiger partial charge is 0.244 e. The molecule has 1 heterocycles. The summed E-state index contributed by atoms with van der Waals surface area (Å²) in [7, 11) is 0. The quantitative estimate of drug-likeness (QED) is 0.733. The summed E-state index contributed by atoms with van der Waals surface area (Å²) >= 11 is 6.05. The first kappa shape index (κ1) is 14.0. The van der Waals surface area contributed by atoms with E-state index < -0.39 is 5.41 Å². The van der Waals surface area contributed by atoms with Crippen LogP contribution in [0.2, 0.25) is 5.02 Å². The number of para-hydroxylation sites is 1. The molecular weight excluding hydrogens is 306 g/mol. The summed E-state index contributed by atoms with van der Waals surface area (Å²) in [5, 5.41) is 3.68. The van der Waals surface area contributed by atoms with Crippen molar-refractivity contribution in [3.63, 3.8) is 0 Å². The van der Waals surface area contributed by atoms with Gasteiger partial charge in [0.2, 0.25) is 5.91 Å². The molecule has 0 bridgehead atoms. The minimum atomic E-state index is -0.845. The average molecular weight is 320 g/mol. The van der Waals surface area contributed by atoms with Crippen LogP contribution >= 0.6 is 11.6 Å². The number of rotatable bonds is 2. The zero-order chi connectivity index (χ0) is 15.9. The first-order chi connectivity index (χ1) is 11.2. The predicted molar refractivity (Wildman–Crippen MR) is 92.8 cm³/mol. The van der Waals surface area contributed by atoms with Gasteiger partial charge < -0.3 is 5.32 Å². The second-order valence-corrected chi connectivity index (χ2v) is 6.06. The van der Waals surface area contributed by atoms with Crippen LogP contribution in [0.4, 0.5) is 5.69 Å². The Kier molecular flexibility index (Phi) is 3.21. The van der Waals surface area contributed by atoms with Gasteiger partial charge in [0.05, 0.1) is 0 Å². The lowest BCUT2D eigenvalue weighted by atomic mass is 9.70. The summed E-state index contributed by atoms with van der Waals surface area (Å²) in [6.45, 7) is 0. The molecule has 4 rings (SSSR count). The van der Waals surface area contributed by atoms with Gasteiger partial charge in [-0.05, 0) is 29.3 Å². The van der Waals surface area contributed by atoms with Gasteiger partial charge in [-0.25, -0.2) is 0 Å². The number of amides is 1. The van der Waals surface area contributed by atoms with E-state index in [1.807, 2.05) is 78.9 Å². The van der Waals surface area contributed by atoms with Crippen LogP contribution in [-0.2, 0) is 10.2 Å². The maximum absolute atomic E-state index is 13.1. The third-order valence-electron chi connectivity index (χ3n) is 4.40. The van der Waals surface area contributed by atoms with Crippen molar-refractivity contribution >= 4 is 23.2 Å². The molecule has 112 valence electrons. The van der Waals surface area contributed by atoms with E-state index in [1.54, 1.807) is 0 Å². The minimum Gasteiger partial charge on any atom is -0.324 e. The number of anilines is 1. The zero-order valence-electron chi connectivity index (χ0n) is 12.3. The molecule has 3 aromatic rings. The van der Waals surface area contributed by atoms with Crippen LogP contribution in [0.5, 0.6) is 0 Å². The predicted octanol–water partition coefficient (Wildman–Crippen LogP) is 4.63. The number of benzene rings is 3. The molecule has 2 nitrogen and oxygen atoms in total. The summed E-state index contributed by atoms with van der Waals surface area (Å²) in [6.07, 6.45) is 0. The Balaban J connectivity index is 2.07. The van der Waals surface area contributed by atoms with Crippen LogP contribution in [-0.4, -0.2) is 5.91 Å². The molecule has 0 aromatic heterocycles. The lowest BCUT2D eigenvalue weighted by molar-refractivity contribution is -0.118. The van der Waals surface area contributed by atoms with Crippen molar-refractivity contribution in [1.29, 1.82) is 0 Å². The van der Waals surface area contributed by atoms with Crippen LogP contribution in [0.15, 0.2) is 78.9 Å². The molecule has 1 atom stereocenters. The van der Waals surface area contributed by atoms with Gasteiger partial charge in [0.1, 0.15) is 5.41 Å². The van der Waals surface area contributed by atoms with Gasteiger partial charge in [-0.3, -0.25) is 4.79 Å². The third kappa shape index (κ3) is 1.99. The Morgan fingerprint density at radius 1 is 0.739 bits per heavy atom. The Morgan fingerprint density at radius 2 is 1.35 bits per heavy atom. The van der Waals surface area contributed by atoms with E-state index in [2.05, 4.69) is 5.32 Å². The molecule has 0 saturated carbocycles. The van der Waals surface area contributed by atoms with Gasteiger partial charge in [0.15, 0.2) is 0 Å². The van der Waals surface area contributed by atoms with Crippen LogP contribution in [0.25, 0.3) is 0 Å². The van der Waals surface area contributed by atoms with Crippen molar-refractivity contribution in [1.82, 2.24) is 0 Å². The first-order valence-corrected chi connectivity index (χ1v) is 7.83. The van der Waals surface area contributed by atoms with Crippen molar-refractivity contribution in [2.75, 3.05) is 5.32 Å². The maximum atomic E-state index is 13.1. The van der Waals surface area contributed by atoms with Gasteiger partial charge in [0, 0.05) is 16.3 Å². The number of nitrogens with one attached hydrogen (secondary N) is 1. The second-order valence-electron chi connectivity index (χ2n) is 5.62. The van der Waals surface area contributed by atoms with Crippen molar-refractivity contribution in [2.45, 2.75) is 5.41 Å². The number of carbonyl (C=O) groups is 1. The van der Waals surface area contributed by atoms with Gasteiger partial charge in [-0.2, -0.15) is 0 Å². The molecule has 0 fully saturated rings. The van der Waals surface area contributed by atoms with Gasteiger partial charge in [0.25, 0.3) is 0 Å². The highest BCUT2D eigenvalue weighted by atomic mass is 35.5. The molecule has 0 aliphatic carbocycles. The largest absolute Gasteiger partial charge is 0.324 e. The molecule has 1 N–H and O–H groups in total. The topological polar surface area (TPSA) is 29.1 Å². The monoisotopic (exact) mass is 319 g/mol. The van der Waals surface area contributed by atoms with Crippen molar-refractivity contribution in [3.05, 3.63) is 101 Å². The lowest BCUT2D eigenvalue weighted by Gasteiger charge is -2.29. The second kappa shape index (κ2) is 5.25. The molecule has 0 radical (unpaired) electrons. The van der Waals surface area contributed by atoms with E-state index in [-0.39, 0.29) is 5.91 Å². The molecule has 1 amide bonds. The number of carbonyl (C=O) groups excluding carboxylic acids is 1. The Labute approximate surface area is 139 Å². The third-order valence-corrected chi connectivity index (χ3v) is 4.66. The number of fused-ring (bicyclic) bond motifs is 1. The summed E-state index contributed by atoms with van der Waals surface area (Å²) in [4.78, 5) is 13.1. The molecule has 3 heteroatoms. The zero-order valence-corrected chi connectivity index (χ0v) is 13.0. The van der Waals surface area contributed by atoms with E-state index in [9.17, 15) is 4.79 Å². The molecule has 1 aliphatic rings. The van der Waals surface area contributed by atoms with Crippen LogP contribution in [0.1, 0.15) is 16.7 Å². The lowest BCUT2D eigenvalue weighted by Crippen LogP contribution is -2.36. The minimum absolute atomic E-state index is 0.0350. The molecule has 1 aliphatic heterocycles. The molecule has 0 saturated heterocycles. The van der Waals surface area contributed by atoms with E-state index in [0.29, 0.717) is 5.02 Å². The summed E-state index contributed by atoms with van der Waals surface area (Å²) in [5.41, 5.74) is 2.85. The molecular formula is C20H14ClNO. The highest BCUT2D eigenvalue weighted by Gasteiger charge is 2.49. The SMILES string of the molecule is O=C1Nc2ccccc2[C@]1(c1ccccc1)c1ccc(Cl)cc1. The van der Waals surface area contributed by atoms with E-state index >= 15 is 0 Å². The molecule has 0 spiro atoms. The fraction of sp³-hybridized carbons (Fsp3) is 0.0500. The number of hydrogen-bond donors (Lipinski definition) is 1. The maximum Gasteiger partial charge on any atom is 0.244 e. The standard InChI is InChI=1S/C20H14ClNO/c21-16-12-10-15(11-13-16)20(14-6-2-1-3-7-14)17-8-4-5-9-18(17)22-19(20)23/h1-13H,(H,22,23)/t20-/m0/s1. The van der Waals surface area contributed by atoms with E-state index in [4.69, 9.17) is 11.6 Å². The van der Waals surface area contributed by atoms with E-state index in [1.165, 1.54) is 0 Å². The van der Waals surface area contributed by atoms with Crippen molar-refractivity contribution in [3.8, 4) is 0 Å². The Bertz CT molecular complexity index is 874. The van der Waals surface area contributed by atoms with Crippen molar-refractivity contribution < 1.29 is 4.79 Å². The van der Waals surface area contributed by atoms with Crippen LogP contribution in [0, 0.1) is 0 Å². The summed E-state index contributed by atoms with van der Waals surface area (Å²) in [5.74, 6) is -0.0350. The molecule has 3 aromatic carbocycles. The fourth-order valence-corrected chi connectivity index (χ4v) is 3.51. The average Bonchev–Trinajstić information content (AvgIpc) is 2.89. The van der Waals surface area contributed by atoms with Gasteiger partial charge in [-0.1, -0.05) is 72.3 Å². The molecule has 23 heavy (non-hydrogen) atoms. The van der Waals surface area contributed by atoms with Crippen LogP contribution < -0.4 is 5.32 Å². The van der Waals surface area contributed by atoms with Gasteiger partial charge >= 0.3 is 0 Å². The molecule has 0 unspecified atom stereocenters. The number of halogens is 1. The van der Waals surface area contributed by atoms with E-state index in [0.717, 1.165) is 22.4 Å². The first-order valence-electron chi connectivity index (χ1n) is 7.45. The highest BCUT2D eigenvalue weighted by molar-refractivity contribution is 6.30. The normalized spacial score (nSPS) is 19.3. The Hall–Kier alpha value is -2.58. The fourth-order valence-electron chi connectivity index (χ4n) is 3.39. The van der Waals surface area contributed by atoms with Crippen LogP contribution in [0.3, 0.4) is 0 Å².